The highest BCUT2D eigenvalue weighted by atomic mass is 32.2. The van der Waals surface area contributed by atoms with E-state index >= 15 is 0 Å². The van der Waals surface area contributed by atoms with Crippen LogP contribution in [-0.2, 0) is 10.0 Å². The highest BCUT2D eigenvalue weighted by Crippen LogP contribution is 2.33. The van der Waals surface area contributed by atoms with E-state index in [2.05, 4.69) is 61.2 Å². The fourth-order valence-electron chi connectivity index (χ4n) is 4.38. The molecule has 1 aliphatic rings. The van der Waals surface area contributed by atoms with Crippen LogP contribution in [-0.4, -0.2) is 50.9 Å². The van der Waals surface area contributed by atoms with Crippen molar-refractivity contribution in [2.45, 2.75) is 24.8 Å². The van der Waals surface area contributed by atoms with Gasteiger partial charge in [-0.3, -0.25) is 4.90 Å². The van der Waals surface area contributed by atoms with E-state index in [0.29, 0.717) is 36.8 Å². The van der Waals surface area contributed by atoms with E-state index in [-0.39, 0.29) is 6.04 Å². The van der Waals surface area contributed by atoms with Crippen LogP contribution in [0.25, 0.3) is 0 Å². The molecule has 3 aromatic carbocycles. The highest BCUT2D eigenvalue weighted by Gasteiger charge is 2.32. The van der Waals surface area contributed by atoms with Crippen LogP contribution < -0.4 is 4.74 Å². The molecule has 0 amide bonds. The van der Waals surface area contributed by atoms with Crippen molar-refractivity contribution in [3.05, 3.63) is 95.1 Å². The zero-order valence-corrected chi connectivity index (χ0v) is 19.7. The molecule has 0 N–H and O–H groups in total. The van der Waals surface area contributed by atoms with Crippen molar-refractivity contribution < 1.29 is 13.2 Å². The van der Waals surface area contributed by atoms with Gasteiger partial charge < -0.3 is 4.74 Å². The SMILES string of the molecule is COc1ccc(S(=O)(=O)N2CCN([C@H](c3ccccc3)c3cc(C)ccc3C)CC2)cc1. The van der Waals surface area contributed by atoms with Gasteiger partial charge in [0.15, 0.2) is 0 Å². The Hall–Kier alpha value is -2.67. The van der Waals surface area contributed by atoms with Gasteiger partial charge in [-0.1, -0.05) is 54.1 Å². The predicted octanol–water partition coefficient (Wildman–Crippen LogP) is 4.41. The maximum atomic E-state index is 13.2. The van der Waals surface area contributed by atoms with E-state index in [0.717, 1.165) is 0 Å². The number of rotatable bonds is 6. The standard InChI is InChI=1S/C26H30N2O3S/c1-20-9-10-21(2)25(19-20)26(22-7-5-4-6-8-22)27-15-17-28(18-16-27)32(29,30)24-13-11-23(31-3)12-14-24/h4-14,19,26H,15-18H2,1-3H3/t26-/m1/s1. The number of methoxy groups -OCH3 is 1. The molecule has 5 nitrogen and oxygen atoms in total. The first kappa shape index (κ1) is 22.5. The molecule has 0 aromatic heterocycles. The van der Waals surface area contributed by atoms with Gasteiger partial charge in [0.2, 0.25) is 10.0 Å². The minimum Gasteiger partial charge on any atom is -0.497 e. The molecular formula is C26H30N2O3S. The Kier molecular flexibility index (Phi) is 6.65. The predicted molar refractivity (Wildman–Crippen MR) is 128 cm³/mol. The van der Waals surface area contributed by atoms with Gasteiger partial charge >= 0.3 is 0 Å². The summed E-state index contributed by atoms with van der Waals surface area (Å²) >= 11 is 0. The molecule has 4 rings (SSSR count). The Morgan fingerprint density at radius 3 is 2.12 bits per heavy atom. The minimum absolute atomic E-state index is 0.0990. The van der Waals surface area contributed by atoms with Gasteiger partial charge in [-0.25, -0.2) is 8.42 Å². The maximum Gasteiger partial charge on any atom is 0.243 e. The van der Waals surface area contributed by atoms with Crippen molar-refractivity contribution in [1.29, 1.82) is 0 Å². The Morgan fingerprint density at radius 1 is 0.844 bits per heavy atom. The molecule has 0 radical (unpaired) electrons. The average molecular weight is 451 g/mol. The summed E-state index contributed by atoms with van der Waals surface area (Å²) in [6.45, 7) is 6.52. The second-order valence-electron chi connectivity index (χ2n) is 8.29. The number of hydrogen-bond donors (Lipinski definition) is 0. The molecule has 1 heterocycles. The van der Waals surface area contributed by atoms with Crippen molar-refractivity contribution in [3.63, 3.8) is 0 Å². The van der Waals surface area contributed by atoms with Crippen molar-refractivity contribution in [3.8, 4) is 5.75 Å². The summed E-state index contributed by atoms with van der Waals surface area (Å²) < 4.78 is 33.1. The number of nitrogens with zero attached hydrogens (tertiary/aromatic N) is 2. The Bertz CT molecular complexity index is 1150. The number of piperazine rings is 1. The van der Waals surface area contributed by atoms with Crippen molar-refractivity contribution >= 4 is 10.0 Å². The Balaban J connectivity index is 1.58. The maximum absolute atomic E-state index is 13.2. The van der Waals surface area contributed by atoms with Crippen molar-refractivity contribution in [2.75, 3.05) is 33.3 Å². The molecule has 0 spiro atoms. The van der Waals surface area contributed by atoms with Crippen LogP contribution in [0.1, 0.15) is 28.3 Å². The number of sulfonamides is 1. The summed E-state index contributed by atoms with van der Waals surface area (Å²) in [5, 5.41) is 0. The second-order valence-corrected chi connectivity index (χ2v) is 10.2. The number of hydrogen-bond acceptors (Lipinski definition) is 4. The fraction of sp³-hybridized carbons (Fsp3) is 0.308. The molecule has 1 fully saturated rings. The largest absolute Gasteiger partial charge is 0.497 e. The molecule has 6 heteroatoms. The zero-order chi connectivity index (χ0) is 22.7. The molecule has 0 bridgehead atoms. The first-order valence-corrected chi connectivity index (χ1v) is 12.3. The van der Waals surface area contributed by atoms with Crippen LogP contribution in [0.4, 0.5) is 0 Å². The van der Waals surface area contributed by atoms with Crippen LogP contribution in [0, 0.1) is 13.8 Å². The summed E-state index contributed by atoms with van der Waals surface area (Å²) in [5.41, 5.74) is 4.99. The Labute approximate surface area is 191 Å². The van der Waals surface area contributed by atoms with Gasteiger partial charge in [0.25, 0.3) is 0 Å². The summed E-state index contributed by atoms with van der Waals surface area (Å²) in [5.74, 6) is 0.646. The van der Waals surface area contributed by atoms with Crippen LogP contribution in [0.5, 0.6) is 5.75 Å². The molecule has 168 valence electrons. The molecule has 1 atom stereocenters. The molecule has 0 unspecified atom stereocenters. The summed E-state index contributed by atoms with van der Waals surface area (Å²) in [7, 11) is -1.96. The lowest BCUT2D eigenvalue weighted by molar-refractivity contribution is 0.155. The molecule has 0 saturated carbocycles. The lowest BCUT2D eigenvalue weighted by Crippen LogP contribution is -2.49. The molecule has 3 aromatic rings. The third kappa shape index (κ3) is 4.58. The van der Waals surface area contributed by atoms with Crippen molar-refractivity contribution in [2.24, 2.45) is 0 Å². The van der Waals surface area contributed by atoms with Crippen LogP contribution in [0.2, 0.25) is 0 Å². The topological polar surface area (TPSA) is 49.9 Å². The van der Waals surface area contributed by atoms with Gasteiger partial charge in [-0.15, -0.1) is 0 Å². The molecule has 1 saturated heterocycles. The van der Waals surface area contributed by atoms with Crippen molar-refractivity contribution in [1.82, 2.24) is 9.21 Å². The van der Waals surface area contributed by atoms with E-state index in [1.807, 2.05) is 6.07 Å². The molecular weight excluding hydrogens is 420 g/mol. The summed E-state index contributed by atoms with van der Waals surface area (Å²) in [4.78, 5) is 2.71. The smallest absolute Gasteiger partial charge is 0.243 e. The summed E-state index contributed by atoms with van der Waals surface area (Å²) in [6, 6.07) is 23.8. The van der Waals surface area contributed by atoms with Crippen LogP contribution in [0.3, 0.4) is 0 Å². The normalized spacial score (nSPS) is 16.6. The quantitative estimate of drug-likeness (QED) is 0.558. The monoisotopic (exact) mass is 450 g/mol. The van der Waals surface area contributed by atoms with Gasteiger partial charge in [-0.05, 0) is 54.8 Å². The lowest BCUT2D eigenvalue weighted by Gasteiger charge is -2.39. The first-order valence-electron chi connectivity index (χ1n) is 10.9. The number of aryl methyl sites for hydroxylation is 2. The highest BCUT2D eigenvalue weighted by molar-refractivity contribution is 7.89. The average Bonchev–Trinajstić information content (AvgIpc) is 2.82. The van der Waals surface area contributed by atoms with E-state index in [4.69, 9.17) is 4.74 Å². The number of ether oxygens (including phenoxy) is 1. The second kappa shape index (κ2) is 9.45. The van der Waals surface area contributed by atoms with Gasteiger partial charge in [0, 0.05) is 26.2 Å². The van der Waals surface area contributed by atoms with Gasteiger partial charge in [0.1, 0.15) is 5.75 Å². The minimum atomic E-state index is -3.53. The van der Waals surface area contributed by atoms with Crippen LogP contribution in [0.15, 0.2) is 77.7 Å². The number of benzene rings is 3. The molecule has 0 aliphatic carbocycles. The molecule has 1 aliphatic heterocycles. The van der Waals surface area contributed by atoms with E-state index in [1.165, 1.54) is 22.3 Å². The third-order valence-corrected chi connectivity index (χ3v) is 8.09. The summed E-state index contributed by atoms with van der Waals surface area (Å²) in [6.07, 6.45) is 0. The molecule has 32 heavy (non-hydrogen) atoms. The van der Waals surface area contributed by atoms with Gasteiger partial charge in [-0.2, -0.15) is 4.31 Å². The van der Waals surface area contributed by atoms with Gasteiger partial charge in [0.05, 0.1) is 18.0 Å². The zero-order valence-electron chi connectivity index (χ0n) is 18.9. The first-order chi connectivity index (χ1) is 15.4. The van der Waals surface area contributed by atoms with E-state index in [1.54, 1.807) is 35.7 Å². The van der Waals surface area contributed by atoms with Crippen LogP contribution >= 0.6 is 0 Å². The van der Waals surface area contributed by atoms with E-state index < -0.39 is 10.0 Å². The fourth-order valence-corrected chi connectivity index (χ4v) is 5.80. The Morgan fingerprint density at radius 2 is 1.50 bits per heavy atom. The third-order valence-electron chi connectivity index (χ3n) is 6.18. The lowest BCUT2D eigenvalue weighted by atomic mass is 9.92. The van der Waals surface area contributed by atoms with E-state index in [9.17, 15) is 8.42 Å².